The Morgan fingerprint density at radius 3 is 2.73 bits per heavy atom. The van der Waals surface area contributed by atoms with Crippen LogP contribution in [0.25, 0.3) is 10.9 Å². The van der Waals surface area contributed by atoms with Crippen LogP contribution in [0.2, 0.25) is 0 Å². The van der Waals surface area contributed by atoms with Crippen LogP contribution in [0.4, 0.5) is 0 Å². The lowest BCUT2D eigenvalue weighted by atomic mass is 9.90. The van der Waals surface area contributed by atoms with Crippen molar-refractivity contribution < 1.29 is 18.3 Å². The molecule has 6 nitrogen and oxygen atoms in total. The molecule has 7 heteroatoms. The van der Waals surface area contributed by atoms with Crippen molar-refractivity contribution >= 4 is 26.9 Å². The predicted octanol–water partition coefficient (Wildman–Crippen LogP) is 1.87. The number of benzene rings is 1. The molecular weight excluding hydrogens is 304 g/mol. The number of rotatable bonds is 4. The largest absolute Gasteiger partial charge is 0.481 e. The average Bonchev–Trinajstić information content (AvgIpc) is 2.92. The topological polar surface area (TPSA) is 99.3 Å². The Balaban J connectivity index is 1.93. The molecule has 0 spiro atoms. The quantitative estimate of drug-likeness (QED) is 0.749. The van der Waals surface area contributed by atoms with Gasteiger partial charge in [0.1, 0.15) is 4.90 Å². The van der Waals surface area contributed by atoms with Crippen molar-refractivity contribution in [3.05, 3.63) is 42.6 Å². The molecule has 0 unspecified atom stereocenters. The molecule has 0 saturated carbocycles. The molecule has 22 heavy (non-hydrogen) atoms. The van der Waals surface area contributed by atoms with E-state index in [1.54, 1.807) is 24.3 Å². The summed E-state index contributed by atoms with van der Waals surface area (Å²) in [6.07, 6.45) is 5.72. The van der Waals surface area contributed by atoms with Crippen molar-refractivity contribution in [2.24, 2.45) is 5.92 Å². The highest BCUT2D eigenvalue weighted by atomic mass is 32.2. The summed E-state index contributed by atoms with van der Waals surface area (Å²) in [7, 11) is -3.79. The zero-order valence-electron chi connectivity index (χ0n) is 11.7. The minimum Gasteiger partial charge on any atom is -0.481 e. The maximum Gasteiger partial charge on any atom is 0.308 e. The van der Waals surface area contributed by atoms with Gasteiger partial charge in [-0.3, -0.25) is 4.79 Å². The summed E-state index contributed by atoms with van der Waals surface area (Å²) < 4.78 is 27.7. The molecule has 0 radical (unpaired) electrons. The number of carbonyl (C=O) groups is 1. The van der Waals surface area contributed by atoms with Crippen LogP contribution >= 0.6 is 0 Å². The Bertz CT molecular complexity index is 838. The van der Waals surface area contributed by atoms with E-state index in [1.165, 1.54) is 6.20 Å². The molecule has 3 N–H and O–H groups in total. The van der Waals surface area contributed by atoms with Crippen LogP contribution in [0.1, 0.15) is 12.8 Å². The van der Waals surface area contributed by atoms with Crippen LogP contribution in [-0.4, -0.2) is 30.5 Å². The number of sulfonamides is 1. The Morgan fingerprint density at radius 1 is 1.23 bits per heavy atom. The fourth-order valence-corrected chi connectivity index (χ4v) is 4.21. The average molecular weight is 320 g/mol. The summed E-state index contributed by atoms with van der Waals surface area (Å²) in [5.74, 6) is -1.74. The van der Waals surface area contributed by atoms with E-state index in [9.17, 15) is 18.3 Å². The number of carboxylic acid groups (broad SMARTS) is 1. The molecule has 1 aromatic heterocycles. The zero-order chi connectivity index (χ0) is 15.7. The summed E-state index contributed by atoms with van der Waals surface area (Å²) in [5.41, 5.74) is 0.723. The highest BCUT2D eigenvalue weighted by Gasteiger charge is 2.33. The summed E-state index contributed by atoms with van der Waals surface area (Å²) in [6, 6.07) is 6.45. The van der Waals surface area contributed by atoms with E-state index in [2.05, 4.69) is 9.71 Å². The minimum atomic E-state index is -3.79. The third kappa shape index (κ3) is 2.65. The summed E-state index contributed by atoms with van der Waals surface area (Å²) in [4.78, 5) is 14.3. The Hall–Kier alpha value is -2.12. The van der Waals surface area contributed by atoms with Gasteiger partial charge in [-0.25, -0.2) is 13.1 Å². The smallest absolute Gasteiger partial charge is 0.308 e. The van der Waals surface area contributed by atoms with Crippen LogP contribution < -0.4 is 4.72 Å². The Morgan fingerprint density at radius 2 is 1.95 bits per heavy atom. The molecule has 0 fully saturated rings. The van der Waals surface area contributed by atoms with Gasteiger partial charge in [0.15, 0.2) is 0 Å². The molecule has 1 aliphatic rings. The monoisotopic (exact) mass is 320 g/mol. The second kappa shape index (κ2) is 5.58. The number of aromatic nitrogens is 1. The third-order valence-corrected chi connectivity index (χ3v) is 5.43. The van der Waals surface area contributed by atoms with Crippen molar-refractivity contribution in [2.75, 3.05) is 0 Å². The fraction of sp³-hybridized carbons (Fsp3) is 0.267. The van der Waals surface area contributed by atoms with Gasteiger partial charge in [0.2, 0.25) is 10.0 Å². The van der Waals surface area contributed by atoms with Crippen molar-refractivity contribution in [1.29, 1.82) is 0 Å². The number of carboxylic acids is 1. The molecule has 2 aromatic rings. The van der Waals surface area contributed by atoms with Crippen molar-refractivity contribution in [3.63, 3.8) is 0 Å². The highest BCUT2D eigenvalue weighted by molar-refractivity contribution is 7.89. The first-order valence-corrected chi connectivity index (χ1v) is 8.43. The lowest BCUT2D eigenvalue weighted by Crippen LogP contribution is -2.43. The van der Waals surface area contributed by atoms with Gasteiger partial charge in [-0.05, 0) is 18.9 Å². The van der Waals surface area contributed by atoms with Crippen LogP contribution in [-0.2, 0) is 14.8 Å². The molecular formula is C15H16N2O4S. The molecule has 0 bridgehead atoms. The molecule has 0 aliphatic heterocycles. The van der Waals surface area contributed by atoms with E-state index in [-0.39, 0.29) is 4.90 Å². The first-order chi connectivity index (χ1) is 10.5. The van der Waals surface area contributed by atoms with Crippen molar-refractivity contribution in [2.45, 2.75) is 23.8 Å². The highest BCUT2D eigenvalue weighted by Crippen LogP contribution is 2.25. The molecule has 116 valence electrons. The first kappa shape index (κ1) is 14.8. The van der Waals surface area contributed by atoms with E-state index < -0.39 is 28.0 Å². The number of aromatic amines is 1. The third-order valence-electron chi connectivity index (χ3n) is 3.90. The predicted molar refractivity (Wildman–Crippen MR) is 81.9 cm³/mol. The normalized spacial score (nSPS) is 22.0. The maximum atomic E-state index is 12.6. The van der Waals surface area contributed by atoms with Gasteiger partial charge >= 0.3 is 5.97 Å². The Kier molecular flexibility index (Phi) is 3.76. The van der Waals surface area contributed by atoms with Gasteiger partial charge in [-0.2, -0.15) is 0 Å². The summed E-state index contributed by atoms with van der Waals surface area (Å²) >= 11 is 0. The van der Waals surface area contributed by atoms with Gasteiger partial charge in [0.25, 0.3) is 0 Å². The summed E-state index contributed by atoms with van der Waals surface area (Å²) in [6.45, 7) is 0. The standard InChI is InChI=1S/C15H16N2O4S/c18-15(19)11-6-2-4-8-13(11)17-22(20,21)14-9-16-12-7-3-1-5-10(12)14/h1-5,7,9,11,13,16-17H,6,8H2,(H,18,19)/t11-,13+/m1/s1. The molecule has 1 aliphatic carbocycles. The molecule has 0 saturated heterocycles. The second-order valence-electron chi connectivity index (χ2n) is 5.31. The summed E-state index contributed by atoms with van der Waals surface area (Å²) in [5, 5.41) is 9.82. The van der Waals surface area contributed by atoms with E-state index in [0.29, 0.717) is 18.2 Å². The van der Waals surface area contributed by atoms with Gasteiger partial charge < -0.3 is 10.1 Å². The van der Waals surface area contributed by atoms with Gasteiger partial charge in [-0.15, -0.1) is 0 Å². The second-order valence-corrected chi connectivity index (χ2v) is 7.00. The number of hydrogen-bond acceptors (Lipinski definition) is 3. The lowest BCUT2D eigenvalue weighted by molar-refractivity contribution is -0.142. The van der Waals surface area contributed by atoms with E-state index in [1.807, 2.05) is 12.1 Å². The molecule has 1 aromatic carbocycles. The van der Waals surface area contributed by atoms with Crippen molar-refractivity contribution in [1.82, 2.24) is 9.71 Å². The number of nitrogens with one attached hydrogen (secondary N) is 2. The molecule has 0 amide bonds. The number of fused-ring (bicyclic) bond motifs is 1. The SMILES string of the molecule is O=C(O)[C@@H]1CC=CC[C@@H]1NS(=O)(=O)c1c[nH]c2ccccc12. The van der Waals surface area contributed by atoms with Gasteiger partial charge in [-0.1, -0.05) is 30.4 Å². The van der Waals surface area contributed by atoms with Crippen LogP contribution in [0.15, 0.2) is 47.5 Å². The van der Waals surface area contributed by atoms with Crippen LogP contribution in [0.5, 0.6) is 0 Å². The minimum absolute atomic E-state index is 0.141. The van der Waals surface area contributed by atoms with Crippen molar-refractivity contribution in [3.8, 4) is 0 Å². The zero-order valence-corrected chi connectivity index (χ0v) is 12.5. The number of H-pyrrole nitrogens is 1. The number of allylic oxidation sites excluding steroid dienone is 1. The number of hydrogen-bond donors (Lipinski definition) is 3. The van der Waals surface area contributed by atoms with Gasteiger partial charge in [0, 0.05) is 23.1 Å². The van der Waals surface area contributed by atoms with E-state index >= 15 is 0 Å². The maximum absolute atomic E-state index is 12.6. The molecule has 1 heterocycles. The number of para-hydroxylation sites is 1. The van der Waals surface area contributed by atoms with E-state index in [0.717, 1.165) is 5.52 Å². The van der Waals surface area contributed by atoms with Crippen LogP contribution in [0, 0.1) is 5.92 Å². The molecule has 2 atom stereocenters. The van der Waals surface area contributed by atoms with Gasteiger partial charge in [0.05, 0.1) is 5.92 Å². The Labute approximate surface area is 127 Å². The van der Waals surface area contributed by atoms with Crippen LogP contribution in [0.3, 0.4) is 0 Å². The fourth-order valence-electron chi connectivity index (χ4n) is 2.75. The number of aliphatic carboxylic acids is 1. The first-order valence-electron chi connectivity index (χ1n) is 6.95. The lowest BCUT2D eigenvalue weighted by Gasteiger charge is -2.25. The molecule has 3 rings (SSSR count). The van der Waals surface area contributed by atoms with E-state index in [4.69, 9.17) is 0 Å².